The number of hydrogen-bond acceptors (Lipinski definition) is 4. The molecule has 1 fully saturated rings. The van der Waals surface area contributed by atoms with Crippen LogP contribution in [0, 0.1) is 11.6 Å². The average Bonchev–Trinajstić information content (AvgIpc) is 3.05. The number of nitrogens with one attached hydrogen (secondary N) is 1. The first-order chi connectivity index (χ1) is 16.4. The zero-order chi connectivity index (χ0) is 24.2. The molecule has 4 rings (SSSR count). The Balaban J connectivity index is 1.61. The standard InChI is InChI=1S/C25H21F2N3O4/c1-34-21-4-2-3-16(13-21)15-29-22(14-23(31)28-19-9-5-17(26)6-10-19)24(32)30(25(29)33)20-11-7-18(27)8-12-20/h2-13,22H,14-15H2,1H3,(H,28,31)/t22-/m1/s1. The van der Waals surface area contributed by atoms with E-state index in [9.17, 15) is 23.2 Å². The highest BCUT2D eigenvalue weighted by atomic mass is 19.1. The summed E-state index contributed by atoms with van der Waals surface area (Å²) < 4.78 is 31.8. The Hall–Kier alpha value is -4.27. The maximum Gasteiger partial charge on any atom is 0.332 e. The lowest BCUT2D eigenvalue weighted by atomic mass is 10.1. The van der Waals surface area contributed by atoms with Gasteiger partial charge in [0.05, 0.1) is 19.2 Å². The van der Waals surface area contributed by atoms with Crippen molar-refractivity contribution in [3.8, 4) is 5.75 Å². The number of imide groups is 1. The van der Waals surface area contributed by atoms with Crippen molar-refractivity contribution in [1.82, 2.24) is 4.90 Å². The number of methoxy groups -OCH3 is 1. The molecule has 0 bridgehead atoms. The second kappa shape index (κ2) is 9.70. The summed E-state index contributed by atoms with van der Waals surface area (Å²) in [5.41, 5.74) is 1.26. The van der Waals surface area contributed by atoms with Crippen molar-refractivity contribution in [3.05, 3.63) is 90.0 Å². The molecule has 0 aromatic heterocycles. The van der Waals surface area contributed by atoms with Crippen molar-refractivity contribution in [2.45, 2.75) is 19.0 Å². The van der Waals surface area contributed by atoms with Gasteiger partial charge in [-0.15, -0.1) is 0 Å². The van der Waals surface area contributed by atoms with E-state index in [1.807, 2.05) is 0 Å². The highest BCUT2D eigenvalue weighted by Gasteiger charge is 2.46. The number of anilines is 2. The van der Waals surface area contributed by atoms with Crippen LogP contribution in [0.2, 0.25) is 0 Å². The number of urea groups is 1. The molecule has 0 spiro atoms. The number of carbonyl (C=O) groups is 3. The molecule has 9 heteroatoms. The smallest absolute Gasteiger partial charge is 0.332 e. The molecular weight excluding hydrogens is 444 g/mol. The van der Waals surface area contributed by atoms with Gasteiger partial charge in [-0.2, -0.15) is 0 Å². The van der Waals surface area contributed by atoms with Crippen LogP contribution in [0.4, 0.5) is 25.0 Å². The third-order valence-corrected chi connectivity index (χ3v) is 5.40. The number of hydrogen-bond donors (Lipinski definition) is 1. The molecule has 1 heterocycles. The zero-order valence-corrected chi connectivity index (χ0v) is 18.2. The van der Waals surface area contributed by atoms with Crippen LogP contribution in [0.3, 0.4) is 0 Å². The van der Waals surface area contributed by atoms with E-state index in [4.69, 9.17) is 4.74 Å². The Morgan fingerprint density at radius 3 is 2.26 bits per heavy atom. The minimum absolute atomic E-state index is 0.0496. The van der Waals surface area contributed by atoms with E-state index in [1.165, 1.54) is 48.4 Å². The average molecular weight is 465 g/mol. The van der Waals surface area contributed by atoms with Gasteiger partial charge < -0.3 is 15.0 Å². The number of ether oxygens (including phenoxy) is 1. The van der Waals surface area contributed by atoms with Crippen molar-refractivity contribution in [3.63, 3.8) is 0 Å². The quantitative estimate of drug-likeness (QED) is 0.527. The lowest BCUT2D eigenvalue weighted by Gasteiger charge is -2.22. The maximum atomic E-state index is 13.4. The number of carbonyl (C=O) groups excluding carboxylic acids is 3. The van der Waals surface area contributed by atoms with Gasteiger partial charge in [-0.1, -0.05) is 12.1 Å². The minimum atomic E-state index is -1.09. The van der Waals surface area contributed by atoms with Crippen molar-refractivity contribution >= 4 is 29.2 Å². The van der Waals surface area contributed by atoms with Gasteiger partial charge in [0, 0.05) is 12.2 Å². The third-order valence-electron chi connectivity index (χ3n) is 5.40. The molecule has 34 heavy (non-hydrogen) atoms. The van der Waals surface area contributed by atoms with Crippen molar-refractivity contribution < 1.29 is 27.9 Å². The highest BCUT2D eigenvalue weighted by molar-refractivity contribution is 6.22. The number of nitrogens with zero attached hydrogens (tertiary/aromatic N) is 2. The van der Waals surface area contributed by atoms with E-state index in [2.05, 4.69) is 5.32 Å². The molecule has 0 saturated carbocycles. The van der Waals surface area contributed by atoms with Crippen LogP contribution in [0.1, 0.15) is 12.0 Å². The van der Waals surface area contributed by atoms with E-state index in [0.29, 0.717) is 17.0 Å². The SMILES string of the molecule is COc1cccc(CN2C(=O)N(c3ccc(F)cc3)C(=O)[C@H]2CC(=O)Nc2ccc(F)cc2)c1. The summed E-state index contributed by atoms with van der Waals surface area (Å²) in [5, 5.41) is 2.61. The molecule has 0 unspecified atom stereocenters. The van der Waals surface area contributed by atoms with E-state index in [1.54, 1.807) is 24.3 Å². The van der Waals surface area contributed by atoms with Crippen LogP contribution in [-0.4, -0.2) is 35.9 Å². The van der Waals surface area contributed by atoms with E-state index in [0.717, 1.165) is 17.0 Å². The first-order valence-electron chi connectivity index (χ1n) is 10.4. The molecule has 1 N–H and O–H groups in total. The first kappa shape index (κ1) is 22.9. The summed E-state index contributed by atoms with van der Waals surface area (Å²) in [5.74, 6) is -1.50. The summed E-state index contributed by atoms with van der Waals surface area (Å²) in [4.78, 5) is 41.5. The fraction of sp³-hybridized carbons (Fsp3) is 0.160. The second-order valence-corrected chi connectivity index (χ2v) is 7.69. The molecule has 0 radical (unpaired) electrons. The van der Waals surface area contributed by atoms with Crippen LogP contribution in [-0.2, 0) is 16.1 Å². The molecule has 1 aliphatic heterocycles. The molecule has 3 aromatic carbocycles. The Bertz CT molecular complexity index is 1220. The first-order valence-corrected chi connectivity index (χ1v) is 10.4. The second-order valence-electron chi connectivity index (χ2n) is 7.69. The van der Waals surface area contributed by atoms with Crippen LogP contribution in [0.15, 0.2) is 72.8 Å². The predicted molar refractivity (Wildman–Crippen MR) is 121 cm³/mol. The third kappa shape index (κ3) is 4.88. The van der Waals surface area contributed by atoms with Crippen LogP contribution in [0.25, 0.3) is 0 Å². The van der Waals surface area contributed by atoms with Gasteiger partial charge in [0.15, 0.2) is 0 Å². The zero-order valence-electron chi connectivity index (χ0n) is 18.2. The van der Waals surface area contributed by atoms with Gasteiger partial charge >= 0.3 is 6.03 Å². The van der Waals surface area contributed by atoms with E-state index in [-0.39, 0.29) is 18.7 Å². The molecule has 174 valence electrons. The van der Waals surface area contributed by atoms with Gasteiger partial charge in [0.1, 0.15) is 23.4 Å². The predicted octanol–water partition coefficient (Wildman–Crippen LogP) is 4.34. The van der Waals surface area contributed by atoms with Gasteiger partial charge in [-0.3, -0.25) is 9.59 Å². The fourth-order valence-corrected chi connectivity index (χ4v) is 3.73. The van der Waals surface area contributed by atoms with Crippen molar-refractivity contribution in [2.24, 2.45) is 0 Å². The van der Waals surface area contributed by atoms with Crippen LogP contribution >= 0.6 is 0 Å². The summed E-state index contributed by atoms with van der Waals surface area (Å²) >= 11 is 0. The topological polar surface area (TPSA) is 79.0 Å². The summed E-state index contributed by atoms with van der Waals surface area (Å²) in [6.07, 6.45) is -0.316. The molecular formula is C25H21F2N3O4. The van der Waals surface area contributed by atoms with Gasteiger partial charge in [-0.25, -0.2) is 18.5 Å². The molecule has 1 atom stereocenters. The molecule has 1 saturated heterocycles. The van der Waals surface area contributed by atoms with Gasteiger partial charge in [0.2, 0.25) is 5.91 Å². The molecule has 7 nitrogen and oxygen atoms in total. The fourth-order valence-electron chi connectivity index (χ4n) is 3.73. The van der Waals surface area contributed by atoms with E-state index >= 15 is 0 Å². The highest BCUT2D eigenvalue weighted by Crippen LogP contribution is 2.29. The molecule has 4 amide bonds. The van der Waals surface area contributed by atoms with Crippen LogP contribution < -0.4 is 15.0 Å². The monoisotopic (exact) mass is 465 g/mol. The maximum absolute atomic E-state index is 13.4. The molecule has 3 aromatic rings. The summed E-state index contributed by atoms with van der Waals surface area (Å²) in [6, 6.07) is 15.4. The number of rotatable bonds is 7. The Morgan fingerprint density at radius 2 is 1.62 bits per heavy atom. The number of benzene rings is 3. The van der Waals surface area contributed by atoms with E-state index < -0.39 is 35.5 Å². The minimum Gasteiger partial charge on any atom is -0.497 e. The Labute approximate surface area is 194 Å². The molecule has 0 aliphatic carbocycles. The summed E-state index contributed by atoms with van der Waals surface area (Å²) in [6.45, 7) is 0.0496. The normalized spacial score (nSPS) is 15.6. The number of amides is 4. The van der Waals surface area contributed by atoms with Crippen LogP contribution in [0.5, 0.6) is 5.75 Å². The van der Waals surface area contributed by atoms with Gasteiger partial charge in [-0.05, 0) is 66.2 Å². The molecule has 1 aliphatic rings. The van der Waals surface area contributed by atoms with Gasteiger partial charge in [0.25, 0.3) is 5.91 Å². The van der Waals surface area contributed by atoms with Crippen molar-refractivity contribution in [2.75, 3.05) is 17.3 Å². The Kier molecular flexibility index (Phi) is 6.53. The largest absolute Gasteiger partial charge is 0.497 e. The lowest BCUT2D eigenvalue weighted by Crippen LogP contribution is -2.37. The number of halogens is 2. The Morgan fingerprint density at radius 1 is 0.971 bits per heavy atom. The summed E-state index contributed by atoms with van der Waals surface area (Å²) in [7, 11) is 1.52. The van der Waals surface area contributed by atoms with Crippen molar-refractivity contribution in [1.29, 1.82) is 0 Å². The lowest BCUT2D eigenvalue weighted by molar-refractivity contribution is -0.124.